The Hall–Kier alpha value is -0.900. The van der Waals surface area contributed by atoms with Crippen molar-refractivity contribution in [1.29, 1.82) is 0 Å². The van der Waals surface area contributed by atoms with Crippen molar-refractivity contribution in [1.82, 2.24) is 4.72 Å². The number of rotatable bonds is 4. The summed E-state index contributed by atoms with van der Waals surface area (Å²) in [6.07, 6.45) is 0.873. The summed E-state index contributed by atoms with van der Waals surface area (Å²) in [5.74, 6) is -1.08. The number of hydrogen-bond donors (Lipinski definition) is 2. The predicted octanol–water partition coefficient (Wildman–Crippen LogP) is 0.917. The molecule has 10 heteroatoms. The van der Waals surface area contributed by atoms with Gasteiger partial charge < -0.3 is 5.73 Å². The van der Waals surface area contributed by atoms with Crippen molar-refractivity contribution in [2.75, 3.05) is 18.0 Å². The number of nitrogen functional groups attached to an aromatic ring is 1. The molecule has 118 valence electrons. The number of halogens is 2. The predicted molar refractivity (Wildman–Crippen MR) is 77.8 cm³/mol. The summed E-state index contributed by atoms with van der Waals surface area (Å²) in [6, 6.07) is 2.03. The maximum atomic E-state index is 13.8. The first-order valence-electron chi connectivity index (χ1n) is 6.09. The van der Waals surface area contributed by atoms with Crippen LogP contribution in [0.25, 0.3) is 0 Å². The van der Waals surface area contributed by atoms with Gasteiger partial charge in [-0.3, -0.25) is 0 Å². The van der Waals surface area contributed by atoms with E-state index in [1.54, 1.807) is 0 Å². The lowest BCUT2D eigenvalue weighted by Gasteiger charge is -2.12. The Morgan fingerprint density at radius 2 is 2.10 bits per heavy atom. The maximum absolute atomic E-state index is 13.8. The number of hydrogen-bond acceptors (Lipinski definition) is 5. The van der Waals surface area contributed by atoms with E-state index in [9.17, 15) is 21.2 Å². The summed E-state index contributed by atoms with van der Waals surface area (Å²) in [5.41, 5.74) is 5.44. The van der Waals surface area contributed by atoms with Crippen LogP contribution in [-0.2, 0) is 19.9 Å². The molecular formula is C11H14ClFN2O4S2. The average molecular weight is 357 g/mol. The van der Waals surface area contributed by atoms with Gasteiger partial charge in [0.15, 0.2) is 15.7 Å². The van der Waals surface area contributed by atoms with Crippen LogP contribution in [0.5, 0.6) is 0 Å². The van der Waals surface area contributed by atoms with Gasteiger partial charge in [-0.05, 0) is 25.0 Å². The Labute approximate surface area is 127 Å². The fraction of sp³-hybridized carbons (Fsp3) is 0.455. The molecule has 0 amide bonds. The zero-order valence-electron chi connectivity index (χ0n) is 10.8. The Morgan fingerprint density at radius 1 is 1.43 bits per heavy atom. The molecule has 0 spiro atoms. The highest BCUT2D eigenvalue weighted by Crippen LogP contribution is 2.26. The summed E-state index contributed by atoms with van der Waals surface area (Å²) < 4.78 is 63.3. The molecule has 1 aliphatic rings. The molecule has 3 N–H and O–H groups in total. The molecule has 0 aromatic heterocycles. The second-order valence-electron chi connectivity index (χ2n) is 4.80. The van der Waals surface area contributed by atoms with E-state index >= 15 is 0 Å². The van der Waals surface area contributed by atoms with Crippen molar-refractivity contribution < 1.29 is 21.2 Å². The van der Waals surface area contributed by atoms with Crippen molar-refractivity contribution in [3.05, 3.63) is 23.0 Å². The van der Waals surface area contributed by atoms with Gasteiger partial charge in [0.25, 0.3) is 0 Å². The topological polar surface area (TPSA) is 106 Å². The Balaban J connectivity index is 2.24. The molecule has 0 radical (unpaired) electrons. The number of anilines is 1. The van der Waals surface area contributed by atoms with Gasteiger partial charge in [0.2, 0.25) is 10.0 Å². The minimum Gasteiger partial charge on any atom is -0.399 e. The monoisotopic (exact) mass is 356 g/mol. The van der Waals surface area contributed by atoms with E-state index in [-0.39, 0.29) is 18.0 Å². The van der Waals surface area contributed by atoms with Gasteiger partial charge in [-0.2, -0.15) is 0 Å². The van der Waals surface area contributed by atoms with Crippen LogP contribution >= 0.6 is 11.6 Å². The van der Waals surface area contributed by atoms with Crippen LogP contribution in [0.1, 0.15) is 12.8 Å². The number of nitrogens with two attached hydrogens (primary N) is 1. The Kier molecular flexibility index (Phi) is 4.48. The van der Waals surface area contributed by atoms with Crippen molar-refractivity contribution in [2.45, 2.75) is 23.0 Å². The molecule has 1 unspecified atom stereocenters. The van der Waals surface area contributed by atoms with Crippen molar-refractivity contribution in [3.8, 4) is 0 Å². The molecule has 0 saturated carbocycles. The van der Waals surface area contributed by atoms with Crippen molar-refractivity contribution >= 4 is 37.1 Å². The zero-order chi connectivity index (χ0) is 15.8. The second kappa shape index (κ2) is 5.71. The Bertz CT molecular complexity index is 765. The first-order chi connectivity index (χ1) is 9.63. The normalized spacial score (nSPS) is 21.5. The highest BCUT2D eigenvalue weighted by Gasteiger charge is 2.33. The molecule has 1 saturated heterocycles. The first-order valence-corrected chi connectivity index (χ1v) is 9.67. The summed E-state index contributed by atoms with van der Waals surface area (Å²) in [7, 11) is -7.52. The van der Waals surface area contributed by atoms with Gasteiger partial charge >= 0.3 is 0 Å². The highest BCUT2D eigenvalue weighted by atomic mass is 35.5. The van der Waals surface area contributed by atoms with E-state index in [2.05, 4.69) is 4.72 Å². The number of sulfonamides is 1. The minimum absolute atomic E-state index is 0.00439. The molecule has 21 heavy (non-hydrogen) atoms. The zero-order valence-corrected chi connectivity index (χ0v) is 13.2. The van der Waals surface area contributed by atoms with Gasteiger partial charge in [0.1, 0.15) is 4.90 Å². The average Bonchev–Trinajstić information content (AvgIpc) is 2.70. The molecule has 1 aromatic rings. The quantitative estimate of drug-likeness (QED) is 0.780. The van der Waals surface area contributed by atoms with Crippen LogP contribution in [0.3, 0.4) is 0 Å². The number of sulfone groups is 1. The molecule has 0 bridgehead atoms. The van der Waals surface area contributed by atoms with Gasteiger partial charge in [0, 0.05) is 12.2 Å². The van der Waals surface area contributed by atoms with Crippen LogP contribution in [0, 0.1) is 5.82 Å². The molecular weight excluding hydrogens is 343 g/mol. The second-order valence-corrected chi connectivity index (χ2v) is 9.34. The fourth-order valence-corrected chi connectivity index (χ4v) is 5.52. The van der Waals surface area contributed by atoms with Crippen LogP contribution in [0.15, 0.2) is 17.0 Å². The summed E-state index contributed by atoms with van der Waals surface area (Å²) in [6.45, 7) is -0.295. The summed E-state index contributed by atoms with van der Waals surface area (Å²) in [4.78, 5) is -0.692. The highest BCUT2D eigenvalue weighted by molar-refractivity contribution is 7.92. The van der Waals surface area contributed by atoms with E-state index in [1.165, 1.54) is 0 Å². The summed E-state index contributed by atoms with van der Waals surface area (Å²) in [5, 5.41) is -1.20. The minimum atomic E-state index is -4.23. The SMILES string of the molecule is Nc1cc(Cl)c(F)c(S(=O)(=O)NCC2CCCS2(=O)=O)c1. The third-order valence-corrected chi connectivity index (χ3v) is 7.24. The molecule has 1 aromatic carbocycles. The van der Waals surface area contributed by atoms with E-state index in [0.717, 1.165) is 12.1 Å². The van der Waals surface area contributed by atoms with Crippen LogP contribution in [-0.4, -0.2) is 34.4 Å². The van der Waals surface area contributed by atoms with E-state index in [1.807, 2.05) is 0 Å². The van der Waals surface area contributed by atoms with E-state index in [4.69, 9.17) is 17.3 Å². The molecule has 1 heterocycles. The third-order valence-electron chi connectivity index (χ3n) is 3.27. The number of nitrogens with one attached hydrogen (secondary N) is 1. The van der Waals surface area contributed by atoms with Crippen LogP contribution in [0.4, 0.5) is 10.1 Å². The maximum Gasteiger partial charge on any atom is 0.243 e. The lowest BCUT2D eigenvalue weighted by Crippen LogP contribution is -2.35. The van der Waals surface area contributed by atoms with Crippen molar-refractivity contribution in [2.24, 2.45) is 0 Å². The molecule has 6 nitrogen and oxygen atoms in total. The Morgan fingerprint density at radius 3 is 2.67 bits per heavy atom. The number of benzene rings is 1. The van der Waals surface area contributed by atoms with E-state index < -0.39 is 40.8 Å². The molecule has 2 rings (SSSR count). The van der Waals surface area contributed by atoms with E-state index in [0.29, 0.717) is 12.8 Å². The lowest BCUT2D eigenvalue weighted by molar-refractivity contribution is 0.553. The van der Waals surface area contributed by atoms with Gasteiger partial charge in [-0.15, -0.1) is 0 Å². The van der Waals surface area contributed by atoms with Gasteiger partial charge in [0.05, 0.1) is 16.0 Å². The molecule has 0 aliphatic carbocycles. The standard InChI is InChI=1S/C11H14ClFN2O4S2/c12-9-4-7(14)5-10(11(9)13)21(18,19)15-6-8-2-1-3-20(8,16)17/h4-5,8,15H,1-3,6,14H2. The molecule has 1 fully saturated rings. The first kappa shape index (κ1) is 16.5. The molecule has 1 atom stereocenters. The van der Waals surface area contributed by atoms with Crippen molar-refractivity contribution in [3.63, 3.8) is 0 Å². The fourth-order valence-electron chi connectivity index (χ4n) is 2.15. The third kappa shape index (κ3) is 3.47. The van der Waals surface area contributed by atoms with Gasteiger partial charge in [-0.1, -0.05) is 11.6 Å². The molecule has 1 aliphatic heterocycles. The van der Waals surface area contributed by atoms with Crippen LogP contribution in [0.2, 0.25) is 5.02 Å². The van der Waals surface area contributed by atoms with Crippen LogP contribution < -0.4 is 10.5 Å². The lowest BCUT2D eigenvalue weighted by atomic mass is 10.2. The smallest absolute Gasteiger partial charge is 0.243 e. The summed E-state index contributed by atoms with van der Waals surface area (Å²) >= 11 is 5.55. The van der Waals surface area contributed by atoms with Gasteiger partial charge in [-0.25, -0.2) is 25.9 Å². The largest absolute Gasteiger partial charge is 0.399 e.